The molecule has 0 spiro atoms. The molecule has 4 unspecified atom stereocenters. The van der Waals surface area contributed by atoms with Gasteiger partial charge in [-0.1, -0.05) is 110 Å². The summed E-state index contributed by atoms with van der Waals surface area (Å²) in [6.45, 7) is 9.41. The summed E-state index contributed by atoms with van der Waals surface area (Å²) in [5.41, 5.74) is 2.16. The van der Waals surface area contributed by atoms with Crippen LogP contribution in [0.4, 0.5) is 4.79 Å². The van der Waals surface area contributed by atoms with Crippen LogP contribution >= 0.6 is 46.6 Å². The van der Waals surface area contributed by atoms with Gasteiger partial charge >= 0.3 is 12.1 Å². The van der Waals surface area contributed by atoms with Crippen LogP contribution in [-0.2, 0) is 33.9 Å². The lowest BCUT2D eigenvalue weighted by Gasteiger charge is -2.48. The van der Waals surface area contributed by atoms with Crippen LogP contribution in [-0.4, -0.2) is 58.9 Å². The van der Waals surface area contributed by atoms with Crippen LogP contribution in [0.1, 0.15) is 50.7 Å². The molecule has 0 bridgehead atoms. The lowest BCUT2D eigenvalue weighted by Crippen LogP contribution is -2.66. The predicted octanol–water partition coefficient (Wildman–Crippen LogP) is 6.62. The first-order valence-electron chi connectivity index (χ1n) is 13.1. The number of aryl methyl sites for hydroxylation is 1. The Kier molecular flexibility index (Phi) is 10.4. The van der Waals surface area contributed by atoms with E-state index in [4.69, 9.17) is 58.5 Å². The topological polar surface area (TPSA) is 92.3 Å². The number of carbonyl (C=O) groups is 2. The molecule has 1 amide bonds. The van der Waals surface area contributed by atoms with Crippen molar-refractivity contribution in [3.05, 3.63) is 65.2 Å². The van der Waals surface area contributed by atoms with Gasteiger partial charge in [0, 0.05) is 17.4 Å². The van der Waals surface area contributed by atoms with Gasteiger partial charge in [0.2, 0.25) is 3.79 Å². The number of rotatable bonds is 6. The second kappa shape index (κ2) is 13.3. The van der Waals surface area contributed by atoms with Crippen LogP contribution in [0.2, 0.25) is 0 Å². The average molecular weight is 647 g/mol. The highest BCUT2D eigenvalue weighted by molar-refractivity contribution is 7.99. The lowest BCUT2D eigenvalue weighted by molar-refractivity contribution is -0.308. The maximum absolute atomic E-state index is 12.9. The van der Waals surface area contributed by atoms with E-state index in [1.807, 2.05) is 43.3 Å². The molecule has 0 aliphatic carbocycles. The van der Waals surface area contributed by atoms with Gasteiger partial charge in [0.1, 0.15) is 30.3 Å². The minimum absolute atomic E-state index is 0.0854. The van der Waals surface area contributed by atoms with Gasteiger partial charge in [0.15, 0.2) is 12.4 Å². The predicted molar refractivity (Wildman–Crippen MR) is 159 cm³/mol. The van der Waals surface area contributed by atoms with E-state index in [9.17, 15) is 9.59 Å². The molecule has 224 valence electrons. The number of alkyl carbamates (subject to hydrolysis) is 1. The van der Waals surface area contributed by atoms with Gasteiger partial charge in [-0.15, -0.1) is 0 Å². The molecule has 2 aromatic rings. The van der Waals surface area contributed by atoms with Crippen molar-refractivity contribution < 1.29 is 33.3 Å². The molecule has 0 saturated carbocycles. The van der Waals surface area contributed by atoms with E-state index in [2.05, 4.69) is 38.2 Å². The molecule has 6 atom stereocenters. The monoisotopic (exact) mass is 645 g/mol. The number of ether oxygens (including phenoxy) is 5. The molecular formula is C29H34Cl3NO7S. The number of amides is 1. The smallest absolute Gasteiger partial charge is 0.407 e. The number of carbonyl (C=O) groups excluding carboxylic acids is 2. The van der Waals surface area contributed by atoms with E-state index in [0.717, 1.165) is 21.6 Å². The molecule has 12 heteroatoms. The third kappa shape index (κ3) is 8.66. The van der Waals surface area contributed by atoms with Crippen LogP contribution in [0, 0.1) is 6.92 Å². The van der Waals surface area contributed by atoms with Gasteiger partial charge in [-0.05, 0) is 29.5 Å². The molecule has 2 aliphatic rings. The fraction of sp³-hybridized carbons (Fsp3) is 0.517. The molecule has 2 aliphatic heterocycles. The first-order chi connectivity index (χ1) is 19.2. The third-order valence-electron chi connectivity index (χ3n) is 6.66. The van der Waals surface area contributed by atoms with Crippen molar-refractivity contribution in [2.24, 2.45) is 0 Å². The van der Waals surface area contributed by atoms with Gasteiger partial charge in [-0.2, -0.15) is 0 Å². The van der Waals surface area contributed by atoms with Crippen molar-refractivity contribution in [3.63, 3.8) is 0 Å². The van der Waals surface area contributed by atoms with Crippen LogP contribution < -0.4 is 5.32 Å². The summed E-state index contributed by atoms with van der Waals surface area (Å²) >= 11 is 18.8. The van der Waals surface area contributed by atoms with Crippen molar-refractivity contribution >= 4 is 58.6 Å². The summed E-state index contributed by atoms with van der Waals surface area (Å²) < 4.78 is 28.0. The van der Waals surface area contributed by atoms with Gasteiger partial charge in [-0.25, -0.2) is 4.79 Å². The van der Waals surface area contributed by atoms with Gasteiger partial charge in [-0.3, -0.25) is 4.79 Å². The fourth-order valence-corrected chi connectivity index (χ4v) is 6.01. The number of hydrogen-bond donors (Lipinski definition) is 1. The summed E-state index contributed by atoms with van der Waals surface area (Å²) in [6.07, 6.45) is -3.86. The normalized spacial score (nSPS) is 26.5. The Morgan fingerprint density at radius 1 is 1.07 bits per heavy atom. The highest BCUT2D eigenvalue weighted by atomic mass is 35.6. The van der Waals surface area contributed by atoms with Crippen LogP contribution in [0.25, 0.3) is 0 Å². The number of benzene rings is 2. The fourth-order valence-electron chi connectivity index (χ4n) is 4.58. The van der Waals surface area contributed by atoms with Crippen molar-refractivity contribution in [2.45, 2.75) is 84.8 Å². The van der Waals surface area contributed by atoms with Crippen molar-refractivity contribution in [1.29, 1.82) is 0 Å². The molecule has 2 heterocycles. The van der Waals surface area contributed by atoms with E-state index in [1.54, 1.807) is 0 Å². The number of esters is 1. The summed E-state index contributed by atoms with van der Waals surface area (Å²) in [4.78, 5) is 26.2. The average Bonchev–Trinajstić information content (AvgIpc) is 2.89. The van der Waals surface area contributed by atoms with Crippen LogP contribution in [0.15, 0.2) is 53.4 Å². The SMILES string of the molecule is CC(=O)OC1C(NC(=O)OCC(Cl)(Cl)Cl)[C@H](Sc2cc(C(C)(C)C)ccc2C)OC2COC(c3ccccc3)O[C@H]21. The maximum atomic E-state index is 12.9. The second-order valence-corrected chi connectivity index (χ2v) is 14.7. The lowest BCUT2D eigenvalue weighted by atomic mass is 9.87. The highest BCUT2D eigenvalue weighted by Gasteiger charge is 2.53. The van der Waals surface area contributed by atoms with E-state index in [-0.39, 0.29) is 12.0 Å². The van der Waals surface area contributed by atoms with Gasteiger partial charge < -0.3 is 29.0 Å². The Morgan fingerprint density at radius 3 is 2.41 bits per heavy atom. The minimum atomic E-state index is -1.80. The van der Waals surface area contributed by atoms with E-state index < -0.39 is 58.5 Å². The first kappa shape index (κ1) is 32.2. The third-order valence-corrected chi connectivity index (χ3v) is 8.32. The molecule has 0 radical (unpaired) electrons. The molecule has 41 heavy (non-hydrogen) atoms. The second-order valence-electron chi connectivity index (χ2n) is 11.0. The van der Waals surface area contributed by atoms with Crippen LogP contribution in [0.5, 0.6) is 0 Å². The molecule has 4 rings (SSSR count). The zero-order valence-corrected chi connectivity index (χ0v) is 26.5. The molecular weight excluding hydrogens is 613 g/mol. The number of alkyl halides is 3. The summed E-state index contributed by atoms with van der Waals surface area (Å²) in [5.74, 6) is -0.543. The number of nitrogens with one attached hydrogen (secondary N) is 1. The first-order valence-corrected chi connectivity index (χ1v) is 15.1. The zero-order valence-electron chi connectivity index (χ0n) is 23.4. The number of halogens is 3. The summed E-state index contributed by atoms with van der Waals surface area (Å²) in [5, 5.41) is 2.79. The number of hydrogen-bond acceptors (Lipinski definition) is 8. The summed E-state index contributed by atoms with van der Waals surface area (Å²) in [6, 6.07) is 14.8. The molecule has 2 saturated heterocycles. The standard InChI is InChI=1S/C29H34Cl3NO7S/c1-16-11-12-19(28(3,4)5)13-21(16)41-26-22(33-27(35)37-15-29(30,31)32)24(38-17(2)34)23-20(39-26)14-36-25(40-23)18-9-7-6-8-10-18/h6-13,20,22-26H,14-15H2,1-5H3,(H,33,35)/t20?,22?,23-,24?,25?,26+/m1/s1. The summed E-state index contributed by atoms with van der Waals surface area (Å²) in [7, 11) is 0. The highest BCUT2D eigenvalue weighted by Crippen LogP contribution is 2.41. The molecule has 2 fully saturated rings. The maximum Gasteiger partial charge on any atom is 0.407 e. The zero-order chi connectivity index (χ0) is 29.9. The number of thioether (sulfide) groups is 1. The molecule has 2 aromatic carbocycles. The Bertz CT molecular complexity index is 1220. The van der Waals surface area contributed by atoms with Crippen molar-refractivity contribution in [1.82, 2.24) is 5.32 Å². The van der Waals surface area contributed by atoms with Gasteiger partial charge in [0.05, 0.1) is 6.61 Å². The van der Waals surface area contributed by atoms with Crippen molar-refractivity contribution in [2.75, 3.05) is 13.2 Å². The Balaban J connectivity index is 1.67. The van der Waals surface area contributed by atoms with E-state index in [0.29, 0.717) is 0 Å². The Morgan fingerprint density at radius 2 is 1.78 bits per heavy atom. The minimum Gasteiger partial charge on any atom is -0.457 e. The number of fused-ring (bicyclic) bond motifs is 1. The molecule has 0 aromatic heterocycles. The quantitative estimate of drug-likeness (QED) is 0.277. The molecule has 8 nitrogen and oxygen atoms in total. The van der Waals surface area contributed by atoms with E-state index >= 15 is 0 Å². The Hall–Kier alpha value is -1.72. The van der Waals surface area contributed by atoms with Crippen LogP contribution in [0.3, 0.4) is 0 Å². The van der Waals surface area contributed by atoms with E-state index in [1.165, 1.54) is 18.7 Å². The van der Waals surface area contributed by atoms with Crippen molar-refractivity contribution in [3.8, 4) is 0 Å². The Labute approximate surface area is 259 Å². The van der Waals surface area contributed by atoms with Gasteiger partial charge in [0.25, 0.3) is 0 Å². The largest absolute Gasteiger partial charge is 0.457 e. The molecule has 1 N–H and O–H groups in total.